The second-order valence-electron chi connectivity index (χ2n) is 7.07. The van der Waals surface area contributed by atoms with Crippen molar-refractivity contribution in [3.8, 4) is 11.3 Å². The normalized spacial score (nSPS) is 14.3. The Balaban J connectivity index is 1.57. The van der Waals surface area contributed by atoms with Crippen molar-refractivity contribution in [3.63, 3.8) is 0 Å². The van der Waals surface area contributed by atoms with Crippen LogP contribution in [0.3, 0.4) is 0 Å². The van der Waals surface area contributed by atoms with E-state index in [1.165, 1.54) is 11.3 Å². The molecule has 0 bridgehead atoms. The van der Waals surface area contributed by atoms with Crippen LogP contribution in [0.1, 0.15) is 46.9 Å². The summed E-state index contributed by atoms with van der Waals surface area (Å²) in [5.74, 6) is -1.20. The van der Waals surface area contributed by atoms with Crippen LogP contribution in [0.4, 0.5) is 5.13 Å². The quantitative estimate of drug-likeness (QED) is 0.274. The standard InChI is InChI=1S/C23H20ClN3O2S/c1-2-3-8-18(20-21(28)16-6-4-5-7-17(16)22(20)29)26-27-23-25-19(13-30-23)14-9-11-15(24)12-10-14/h4-7,9-13,20H,2-3,8H2,1H3,(H,25,27)/b26-18+. The summed E-state index contributed by atoms with van der Waals surface area (Å²) >= 11 is 7.36. The summed E-state index contributed by atoms with van der Waals surface area (Å²) in [5.41, 5.74) is 6.26. The number of ketones is 2. The Morgan fingerprint density at radius 3 is 2.40 bits per heavy atom. The first-order valence-electron chi connectivity index (χ1n) is 9.80. The Bertz CT molecular complexity index is 1090. The third kappa shape index (κ3) is 4.06. The molecule has 0 spiro atoms. The number of unbranched alkanes of at least 4 members (excludes halogenated alkanes) is 1. The minimum absolute atomic E-state index is 0.173. The topological polar surface area (TPSA) is 71.4 Å². The second kappa shape index (κ2) is 8.90. The van der Waals surface area contributed by atoms with E-state index in [0.717, 1.165) is 24.1 Å². The molecule has 0 saturated heterocycles. The van der Waals surface area contributed by atoms with Crippen molar-refractivity contribution in [2.75, 3.05) is 5.43 Å². The van der Waals surface area contributed by atoms with Gasteiger partial charge in [-0.25, -0.2) is 4.98 Å². The lowest BCUT2D eigenvalue weighted by molar-refractivity contribution is 0.0882. The zero-order chi connectivity index (χ0) is 21.1. The van der Waals surface area contributed by atoms with Crippen LogP contribution in [0.5, 0.6) is 0 Å². The highest BCUT2D eigenvalue weighted by atomic mass is 35.5. The molecule has 1 heterocycles. The van der Waals surface area contributed by atoms with Gasteiger partial charge in [0.15, 0.2) is 11.6 Å². The molecule has 5 nitrogen and oxygen atoms in total. The van der Waals surface area contributed by atoms with Crippen LogP contribution in [0, 0.1) is 5.92 Å². The van der Waals surface area contributed by atoms with Crippen LogP contribution in [0.2, 0.25) is 5.02 Å². The SMILES string of the molecule is CCCC/C(=N\Nc1nc(-c2ccc(Cl)cc2)cs1)C1C(=O)c2ccccc2C1=O. The van der Waals surface area contributed by atoms with Crippen LogP contribution in [0.25, 0.3) is 11.3 Å². The molecular weight excluding hydrogens is 418 g/mol. The number of thiazole rings is 1. The van der Waals surface area contributed by atoms with Gasteiger partial charge >= 0.3 is 0 Å². The predicted octanol–water partition coefficient (Wildman–Crippen LogP) is 6.12. The van der Waals surface area contributed by atoms with Crippen molar-refractivity contribution in [3.05, 3.63) is 70.1 Å². The van der Waals surface area contributed by atoms with E-state index in [4.69, 9.17) is 11.6 Å². The number of nitrogens with zero attached hydrogens (tertiary/aromatic N) is 2. The fourth-order valence-electron chi connectivity index (χ4n) is 3.47. The molecular formula is C23H20ClN3O2S. The first-order valence-corrected chi connectivity index (χ1v) is 11.1. The number of carbonyl (C=O) groups is 2. The van der Waals surface area contributed by atoms with E-state index in [-0.39, 0.29) is 11.6 Å². The van der Waals surface area contributed by atoms with Crippen LogP contribution in [-0.2, 0) is 0 Å². The van der Waals surface area contributed by atoms with E-state index in [1.807, 2.05) is 29.6 Å². The summed E-state index contributed by atoms with van der Waals surface area (Å²) in [6.45, 7) is 2.07. The molecule has 7 heteroatoms. The third-order valence-corrected chi connectivity index (χ3v) is 6.04. The molecule has 1 aliphatic carbocycles. The molecule has 2 aromatic carbocycles. The maximum absolute atomic E-state index is 12.9. The van der Waals surface area contributed by atoms with Crippen LogP contribution in [0.15, 0.2) is 59.0 Å². The minimum atomic E-state index is -0.850. The van der Waals surface area contributed by atoms with Crippen molar-refractivity contribution in [1.29, 1.82) is 0 Å². The summed E-state index contributed by atoms with van der Waals surface area (Å²) in [4.78, 5) is 30.3. The second-order valence-corrected chi connectivity index (χ2v) is 8.36. The molecule has 0 amide bonds. The summed E-state index contributed by atoms with van der Waals surface area (Å²) in [5, 5.41) is 7.67. The van der Waals surface area contributed by atoms with Gasteiger partial charge in [0.2, 0.25) is 5.13 Å². The Labute approximate surface area is 183 Å². The lowest BCUT2D eigenvalue weighted by Crippen LogP contribution is -2.26. The lowest BCUT2D eigenvalue weighted by atomic mass is 9.94. The number of Topliss-reactive ketones (excluding diaryl/α,β-unsaturated/α-hetero) is 2. The third-order valence-electron chi connectivity index (χ3n) is 5.04. The van der Waals surface area contributed by atoms with Gasteiger partial charge in [-0.2, -0.15) is 5.10 Å². The lowest BCUT2D eigenvalue weighted by Gasteiger charge is -2.11. The molecule has 1 N–H and O–H groups in total. The number of halogens is 1. The van der Waals surface area contributed by atoms with Crippen LogP contribution in [-0.4, -0.2) is 22.3 Å². The van der Waals surface area contributed by atoms with Crippen molar-refractivity contribution < 1.29 is 9.59 Å². The van der Waals surface area contributed by atoms with Gasteiger partial charge in [-0.15, -0.1) is 11.3 Å². The highest BCUT2D eigenvalue weighted by Crippen LogP contribution is 2.30. The van der Waals surface area contributed by atoms with Crippen molar-refractivity contribution in [1.82, 2.24) is 4.98 Å². The molecule has 0 aliphatic heterocycles. The number of rotatable bonds is 7. The van der Waals surface area contributed by atoms with Crippen molar-refractivity contribution >= 4 is 45.3 Å². The molecule has 0 unspecified atom stereocenters. The molecule has 0 atom stereocenters. The Morgan fingerprint density at radius 2 is 1.77 bits per heavy atom. The minimum Gasteiger partial charge on any atom is -0.293 e. The average Bonchev–Trinajstić information content (AvgIpc) is 3.33. The number of hydrazone groups is 1. The smallest absolute Gasteiger partial charge is 0.203 e. The molecule has 152 valence electrons. The van der Waals surface area contributed by atoms with Gasteiger partial charge in [0.25, 0.3) is 0 Å². The number of hydrogen-bond acceptors (Lipinski definition) is 6. The number of carbonyl (C=O) groups excluding carboxylic acids is 2. The highest BCUT2D eigenvalue weighted by Gasteiger charge is 2.41. The van der Waals surface area contributed by atoms with E-state index in [9.17, 15) is 9.59 Å². The summed E-state index contributed by atoms with van der Waals surface area (Å²) in [7, 11) is 0. The zero-order valence-corrected chi connectivity index (χ0v) is 18.0. The molecule has 1 aliphatic rings. The van der Waals surface area contributed by atoms with Gasteiger partial charge in [-0.05, 0) is 25.0 Å². The molecule has 30 heavy (non-hydrogen) atoms. The molecule has 1 aromatic heterocycles. The molecule has 3 aromatic rings. The molecule has 0 radical (unpaired) electrons. The molecule has 0 fully saturated rings. The predicted molar refractivity (Wildman–Crippen MR) is 122 cm³/mol. The summed E-state index contributed by atoms with van der Waals surface area (Å²) < 4.78 is 0. The van der Waals surface area contributed by atoms with Gasteiger partial charge in [-0.1, -0.05) is 61.3 Å². The number of hydrogen-bond donors (Lipinski definition) is 1. The van der Waals surface area contributed by atoms with Gasteiger partial charge in [0.1, 0.15) is 5.92 Å². The number of nitrogens with one attached hydrogen (secondary N) is 1. The largest absolute Gasteiger partial charge is 0.293 e. The van der Waals surface area contributed by atoms with Gasteiger partial charge in [-0.3, -0.25) is 15.0 Å². The van der Waals surface area contributed by atoms with E-state index >= 15 is 0 Å². The Hall–Kier alpha value is -2.83. The van der Waals surface area contributed by atoms with Crippen molar-refractivity contribution in [2.24, 2.45) is 11.0 Å². The van der Waals surface area contributed by atoms with Crippen molar-refractivity contribution in [2.45, 2.75) is 26.2 Å². The monoisotopic (exact) mass is 437 g/mol. The summed E-state index contributed by atoms with van der Waals surface area (Å²) in [6, 6.07) is 14.4. The van der Waals surface area contributed by atoms with Gasteiger partial charge < -0.3 is 0 Å². The van der Waals surface area contributed by atoms with Gasteiger partial charge in [0, 0.05) is 27.1 Å². The number of anilines is 1. The Kier molecular flexibility index (Phi) is 6.06. The first kappa shape index (κ1) is 20.4. The van der Waals surface area contributed by atoms with E-state index in [2.05, 4.69) is 22.4 Å². The maximum Gasteiger partial charge on any atom is 0.203 e. The average molecular weight is 438 g/mol. The molecule has 0 saturated carbocycles. The summed E-state index contributed by atoms with van der Waals surface area (Å²) in [6.07, 6.45) is 2.37. The number of fused-ring (bicyclic) bond motifs is 1. The van der Waals surface area contributed by atoms with Crippen LogP contribution >= 0.6 is 22.9 Å². The Morgan fingerprint density at radius 1 is 1.10 bits per heavy atom. The highest BCUT2D eigenvalue weighted by molar-refractivity contribution is 7.14. The first-order chi connectivity index (χ1) is 14.6. The molecule has 4 rings (SSSR count). The van der Waals surface area contributed by atoms with E-state index in [1.54, 1.807) is 24.3 Å². The van der Waals surface area contributed by atoms with E-state index in [0.29, 0.717) is 33.4 Å². The van der Waals surface area contributed by atoms with E-state index < -0.39 is 5.92 Å². The zero-order valence-electron chi connectivity index (χ0n) is 16.4. The number of aromatic nitrogens is 1. The number of benzene rings is 2. The van der Waals surface area contributed by atoms with Gasteiger partial charge in [0.05, 0.1) is 11.4 Å². The fourth-order valence-corrected chi connectivity index (χ4v) is 4.25. The maximum atomic E-state index is 12.9. The fraction of sp³-hybridized carbons (Fsp3) is 0.217. The van der Waals surface area contributed by atoms with Crippen LogP contribution < -0.4 is 5.43 Å².